The van der Waals surface area contributed by atoms with Gasteiger partial charge in [-0.2, -0.15) is 0 Å². The van der Waals surface area contributed by atoms with Crippen LogP contribution in [0.2, 0.25) is 0 Å². The Morgan fingerprint density at radius 3 is 3.06 bits per heavy atom. The summed E-state index contributed by atoms with van der Waals surface area (Å²) in [6.45, 7) is 3.26. The summed E-state index contributed by atoms with van der Waals surface area (Å²) in [5.74, 6) is 0.275. The molecule has 0 radical (unpaired) electrons. The quantitative estimate of drug-likeness (QED) is 0.744. The van der Waals surface area contributed by atoms with Gasteiger partial charge in [0.15, 0.2) is 0 Å². The molecule has 2 rings (SSSR count). The van der Waals surface area contributed by atoms with Gasteiger partial charge in [-0.3, -0.25) is 4.79 Å². The molecule has 1 atom stereocenters. The molecule has 0 aromatic heterocycles. The molecule has 2 aliphatic heterocycles. The Bertz CT molecular complexity index is 296. The van der Waals surface area contributed by atoms with Gasteiger partial charge in [-0.1, -0.05) is 12.5 Å². The first-order valence-corrected chi connectivity index (χ1v) is 6.50. The highest BCUT2D eigenvalue weighted by molar-refractivity contribution is 5.82. The smallest absolute Gasteiger partial charge is 0.239 e. The van der Waals surface area contributed by atoms with Crippen LogP contribution < -0.4 is 5.32 Å². The molecule has 0 spiro atoms. The molecule has 4 heteroatoms. The minimum atomic E-state index is 0.0566. The third-order valence-corrected chi connectivity index (χ3v) is 3.55. The van der Waals surface area contributed by atoms with Gasteiger partial charge in [0.1, 0.15) is 0 Å². The van der Waals surface area contributed by atoms with E-state index in [1.165, 1.54) is 18.4 Å². The van der Waals surface area contributed by atoms with Crippen LogP contribution in [-0.4, -0.2) is 50.2 Å². The number of hydrogen-bond acceptors (Lipinski definition) is 3. The highest BCUT2D eigenvalue weighted by Crippen LogP contribution is 2.15. The van der Waals surface area contributed by atoms with Gasteiger partial charge in [-0.05, 0) is 31.4 Å². The van der Waals surface area contributed by atoms with Crippen LogP contribution in [0.15, 0.2) is 11.6 Å². The standard InChI is InChI=1S/C13H22N2O2/c1-17-10-11-5-8-15(9-6-11)13(16)12-4-2-3-7-14-12/h5,12,14H,2-4,6-10H2,1H3/t12-/m0/s1. The topological polar surface area (TPSA) is 41.6 Å². The van der Waals surface area contributed by atoms with E-state index in [0.29, 0.717) is 6.61 Å². The van der Waals surface area contributed by atoms with E-state index in [2.05, 4.69) is 11.4 Å². The summed E-state index contributed by atoms with van der Waals surface area (Å²) < 4.78 is 5.11. The van der Waals surface area contributed by atoms with Gasteiger partial charge in [-0.15, -0.1) is 0 Å². The number of nitrogens with one attached hydrogen (secondary N) is 1. The van der Waals surface area contributed by atoms with Gasteiger partial charge in [0.25, 0.3) is 0 Å². The van der Waals surface area contributed by atoms with Crippen molar-refractivity contribution in [2.45, 2.75) is 31.7 Å². The number of ether oxygens (including phenoxy) is 1. The molecular formula is C13H22N2O2. The largest absolute Gasteiger partial charge is 0.380 e. The molecule has 1 amide bonds. The average Bonchev–Trinajstić information content (AvgIpc) is 2.40. The van der Waals surface area contributed by atoms with Crippen LogP contribution in [0.5, 0.6) is 0 Å². The zero-order valence-corrected chi connectivity index (χ0v) is 10.6. The number of hydrogen-bond donors (Lipinski definition) is 1. The van der Waals surface area contributed by atoms with Crippen molar-refractivity contribution in [1.29, 1.82) is 0 Å². The average molecular weight is 238 g/mol. The van der Waals surface area contributed by atoms with E-state index in [-0.39, 0.29) is 11.9 Å². The zero-order chi connectivity index (χ0) is 12.1. The van der Waals surface area contributed by atoms with E-state index in [4.69, 9.17) is 4.74 Å². The number of amides is 1. The maximum absolute atomic E-state index is 12.2. The highest BCUT2D eigenvalue weighted by Gasteiger charge is 2.26. The highest BCUT2D eigenvalue weighted by atomic mass is 16.5. The number of rotatable bonds is 3. The third kappa shape index (κ3) is 3.30. The van der Waals surface area contributed by atoms with E-state index in [1.54, 1.807) is 7.11 Å². The number of nitrogens with zero attached hydrogens (tertiary/aromatic N) is 1. The molecule has 2 heterocycles. The molecule has 4 nitrogen and oxygen atoms in total. The lowest BCUT2D eigenvalue weighted by Crippen LogP contribution is -2.49. The van der Waals surface area contributed by atoms with E-state index < -0.39 is 0 Å². The molecule has 0 unspecified atom stereocenters. The van der Waals surface area contributed by atoms with Gasteiger partial charge in [0.05, 0.1) is 12.6 Å². The predicted molar refractivity (Wildman–Crippen MR) is 66.8 cm³/mol. The normalized spacial score (nSPS) is 25.6. The Labute approximate surface area is 103 Å². The lowest BCUT2D eigenvalue weighted by atomic mass is 10.0. The molecule has 1 N–H and O–H groups in total. The Morgan fingerprint density at radius 1 is 1.59 bits per heavy atom. The van der Waals surface area contributed by atoms with Crippen molar-refractivity contribution in [3.8, 4) is 0 Å². The van der Waals surface area contributed by atoms with Gasteiger partial charge in [-0.25, -0.2) is 0 Å². The van der Waals surface area contributed by atoms with Crippen LogP contribution in [-0.2, 0) is 9.53 Å². The number of carbonyl (C=O) groups is 1. The monoisotopic (exact) mass is 238 g/mol. The van der Waals surface area contributed by atoms with Crippen LogP contribution >= 0.6 is 0 Å². The molecule has 0 aromatic rings. The molecule has 0 saturated carbocycles. The summed E-state index contributed by atoms with van der Waals surface area (Å²) in [7, 11) is 1.71. The Kier molecular flexibility index (Phi) is 4.57. The van der Waals surface area contributed by atoms with Crippen molar-refractivity contribution in [1.82, 2.24) is 10.2 Å². The van der Waals surface area contributed by atoms with Crippen LogP contribution in [0.3, 0.4) is 0 Å². The summed E-state index contributed by atoms with van der Waals surface area (Å²) in [6, 6.07) is 0.0566. The summed E-state index contributed by atoms with van der Waals surface area (Å²) in [5.41, 5.74) is 1.31. The maximum atomic E-state index is 12.2. The number of piperidine rings is 1. The lowest BCUT2D eigenvalue weighted by molar-refractivity contribution is -0.133. The lowest BCUT2D eigenvalue weighted by Gasteiger charge is -2.32. The van der Waals surface area contributed by atoms with Crippen LogP contribution in [0, 0.1) is 0 Å². The van der Waals surface area contributed by atoms with Gasteiger partial charge >= 0.3 is 0 Å². The van der Waals surface area contributed by atoms with E-state index >= 15 is 0 Å². The number of carbonyl (C=O) groups excluding carboxylic acids is 1. The molecule has 0 bridgehead atoms. The second-order valence-electron chi connectivity index (χ2n) is 4.83. The van der Waals surface area contributed by atoms with E-state index in [9.17, 15) is 4.79 Å². The second kappa shape index (κ2) is 6.17. The molecule has 0 aromatic carbocycles. The second-order valence-corrected chi connectivity index (χ2v) is 4.83. The molecule has 96 valence electrons. The Morgan fingerprint density at radius 2 is 2.47 bits per heavy atom. The maximum Gasteiger partial charge on any atom is 0.239 e. The van der Waals surface area contributed by atoms with Crippen molar-refractivity contribution in [3.63, 3.8) is 0 Å². The van der Waals surface area contributed by atoms with Gasteiger partial charge in [0.2, 0.25) is 5.91 Å². The third-order valence-electron chi connectivity index (χ3n) is 3.55. The van der Waals surface area contributed by atoms with Crippen molar-refractivity contribution in [3.05, 3.63) is 11.6 Å². The van der Waals surface area contributed by atoms with Gasteiger partial charge in [0, 0.05) is 20.2 Å². The number of methoxy groups -OCH3 is 1. The molecule has 17 heavy (non-hydrogen) atoms. The van der Waals surface area contributed by atoms with Crippen molar-refractivity contribution in [2.24, 2.45) is 0 Å². The summed E-state index contributed by atoms with van der Waals surface area (Å²) in [4.78, 5) is 14.2. The summed E-state index contributed by atoms with van der Waals surface area (Å²) in [5, 5.41) is 3.32. The molecule has 0 aliphatic carbocycles. The first-order valence-electron chi connectivity index (χ1n) is 6.50. The van der Waals surface area contributed by atoms with E-state index in [1.807, 2.05) is 4.90 Å². The molecule has 1 fully saturated rings. The van der Waals surface area contributed by atoms with Crippen molar-refractivity contribution < 1.29 is 9.53 Å². The van der Waals surface area contributed by atoms with Crippen LogP contribution in [0.1, 0.15) is 25.7 Å². The van der Waals surface area contributed by atoms with Crippen LogP contribution in [0.4, 0.5) is 0 Å². The zero-order valence-electron chi connectivity index (χ0n) is 10.6. The fraction of sp³-hybridized carbons (Fsp3) is 0.769. The summed E-state index contributed by atoms with van der Waals surface area (Å²) >= 11 is 0. The predicted octanol–water partition coefficient (Wildman–Crippen LogP) is 0.934. The minimum absolute atomic E-state index is 0.0566. The first kappa shape index (κ1) is 12.6. The fourth-order valence-corrected chi connectivity index (χ4v) is 2.51. The minimum Gasteiger partial charge on any atom is -0.380 e. The van der Waals surface area contributed by atoms with E-state index in [0.717, 1.165) is 32.5 Å². The SMILES string of the molecule is COCC1=CCN(C(=O)[C@@H]2CCCCN2)CC1. The fourth-order valence-electron chi connectivity index (χ4n) is 2.51. The molecule has 2 aliphatic rings. The summed E-state index contributed by atoms with van der Waals surface area (Å²) in [6.07, 6.45) is 6.44. The van der Waals surface area contributed by atoms with Crippen molar-refractivity contribution in [2.75, 3.05) is 33.4 Å². The molecule has 1 saturated heterocycles. The van der Waals surface area contributed by atoms with Gasteiger partial charge < -0.3 is 15.0 Å². The van der Waals surface area contributed by atoms with Crippen molar-refractivity contribution >= 4 is 5.91 Å². The first-order chi connectivity index (χ1) is 8.31. The van der Waals surface area contributed by atoms with Crippen LogP contribution in [0.25, 0.3) is 0 Å². The Hall–Kier alpha value is -0.870. The Balaban J connectivity index is 1.85. The molecular weight excluding hydrogens is 216 g/mol.